The van der Waals surface area contributed by atoms with Crippen LogP contribution in [-0.2, 0) is 0 Å². The van der Waals surface area contributed by atoms with E-state index in [9.17, 15) is 9.59 Å². The number of likely N-dealkylation sites (tertiary alicyclic amines) is 1. The van der Waals surface area contributed by atoms with Crippen molar-refractivity contribution < 1.29 is 9.59 Å². The zero-order valence-electron chi connectivity index (χ0n) is 15.5. The van der Waals surface area contributed by atoms with E-state index in [1.807, 2.05) is 0 Å². The van der Waals surface area contributed by atoms with E-state index in [4.69, 9.17) is 0 Å². The number of benzene rings is 1. The number of nitrogens with zero attached hydrogens (tertiary/aromatic N) is 3. The molecule has 2 heterocycles. The van der Waals surface area contributed by atoms with E-state index in [1.54, 1.807) is 31.3 Å². The van der Waals surface area contributed by atoms with Crippen molar-refractivity contribution in [1.82, 2.24) is 20.4 Å². The van der Waals surface area contributed by atoms with Gasteiger partial charge in [-0.15, -0.1) is 0 Å². The highest BCUT2D eigenvalue weighted by Gasteiger charge is 2.34. The number of fused-ring (bicyclic) bond motifs is 1. The minimum Gasteiger partial charge on any atom is -0.355 e. The second-order valence-corrected chi connectivity index (χ2v) is 6.61. The van der Waals surface area contributed by atoms with E-state index in [2.05, 4.69) is 27.4 Å². The maximum absolute atomic E-state index is 12.3. The molecule has 0 aromatic heterocycles. The number of likely N-dealkylation sites (N-methyl/N-ethyl adjacent to an activating group) is 1. The van der Waals surface area contributed by atoms with Gasteiger partial charge in [-0.3, -0.25) is 24.4 Å². The lowest BCUT2D eigenvalue weighted by molar-refractivity contribution is 0.0657. The molecule has 1 aromatic rings. The number of carbonyl (C=O) groups excluding carboxylic acids is 2. The molecule has 3 rings (SSSR count). The Bertz CT molecular complexity index is 668. The Labute approximate surface area is 154 Å². The van der Waals surface area contributed by atoms with E-state index in [0.29, 0.717) is 36.2 Å². The van der Waals surface area contributed by atoms with Crippen molar-refractivity contribution in [2.75, 3.05) is 39.8 Å². The van der Waals surface area contributed by atoms with E-state index in [0.717, 1.165) is 19.6 Å². The topological polar surface area (TPSA) is 77.0 Å². The molecule has 1 saturated heterocycles. The van der Waals surface area contributed by atoms with Gasteiger partial charge in [0.2, 0.25) is 0 Å². The summed E-state index contributed by atoms with van der Waals surface area (Å²) in [6, 6.07) is 7.49. The first-order chi connectivity index (χ1) is 12.7. The van der Waals surface area contributed by atoms with Crippen molar-refractivity contribution in [1.29, 1.82) is 0 Å². The van der Waals surface area contributed by atoms with E-state index in [-0.39, 0.29) is 11.8 Å². The van der Waals surface area contributed by atoms with Gasteiger partial charge in [0.15, 0.2) is 5.96 Å². The van der Waals surface area contributed by atoms with Gasteiger partial charge >= 0.3 is 0 Å². The number of imide groups is 1. The Morgan fingerprint density at radius 2 is 1.88 bits per heavy atom. The molecular formula is C19H27N5O2. The number of carbonyl (C=O) groups is 2. The molecule has 2 aliphatic heterocycles. The first-order valence-corrected chi connectivity index (χ1v) is 9.29. The van der Waals surface area contributed by atoms with Crippen LogP contribution in [0.1, 0.15) is 40.5 Å². The van der Waals surface area contributed by atoms with Crippen molar-refractivity contribution in [3.8, 4) is 0 Å². The van der Waals surface area contributed by atoms with Gasteiger partial charge in [0.1, 0.15) is 0 Å². The summed E-state index contributed by atoms with van der Waals surface area (Å²) >= 11 is 0. The van der Waals surface area contributed by atoms with Gasteiger partial charge in [0.05, 0.1) is 11.1 Å². The summed E-state index contributed by atoms with van der Waals surface area (Å²) in [7, 11) is 1.73. The molecule has 7 heteroatoms. The fraction of sp³-hybridized carbons (Fsp3) is 0.526. The number of aliphatic imine (C=N–C) groups is 1. The smallest absolute Gasteiger partial charge is 0.261 e. The molecule has 2 N–H and O–H groups in total. The minimum atomic E-state index is -0.222. The predicted molar refractivity (Wildman–Crippen MR) is 101 cm³/mol. The highest BCUT2D eigenvalue weighted by Crippen LogP contribution is 2.21. The van der Waals surface area contributed by atoms with E-state index < -0.39 is 0 Å². The third-order valence-corrected chi connectivity index (χ3v) is 5.14. The van der Waals surface area contributed by atoms with E-state index in [1.165, 1.54) is 17.7 Å². The van der Waals surface area contributed by atoms with Gasteiger partial charge in [-0.2, -0.15) is 0 Å². The van der Waals surface area contributed by atoms with Crippen LogP contribution in [0.2, 0.25) is 0 Å². The van der Waals surface area contributed by atoms with Crippen LogP contribution in [0.3, 0.4) is 0 Å². The van der Waals surface area contributed by atoms with Gasteiger partial charge in [-0.05, 0) is 38.1 Å². The highest BCUT2D eigenvalue weighted by molar-refractivity contribution is 6.21. The average Bonchev–Trinajstić information content (AvgIpc) is 3.22. The summed E-state index contributed by atoms with van der Waals surface area (Å²) in [4.78, 5) is 32.7. The average molecular weight is 357 g/mol. The van der Waals surface area contributed by atoms with Crippen LogP contribution in [0.5, 0.6) is 0 Å². The number of nitrogens with one attached hydrogen (secondary N) is 2. The molecule has 140 valence electrons. The predicted octanol–water partition coefficient (Wildman–Crippen LogP) is 0.932. The second-order valence-electron chi connectivity index (χ2n) is 6.61. The Morgan fingerprint density at radius 1 is 1.19 bits per heavy atom. The molecular weight excluding hydrogens is 330 g/mol. The van der Waals surface area contributed by atoms with Gasteiger partial charge < -0.3 is 10.6 Å². The first-order valence-electron chi connectivity index (χ1n) is 9.29. The second kappa shape index (κ2) is 8.31. The normalized spacial score (nSPS) is 20.6. The Morgan fingerprint density at radius 3 is 2.50 bits per heavy atom. The maximum Gasteiger partial charge on any atom is 0.261 e. The van der Waals surface area contributed by atoms with Crippen molar-refractivity contribution in [3.05, 3.63) is 35.4 Å². The molecule has 7 nitrogen and oxygen atoms in total. The van der Waals surface area contributed by atoms with E-state index >= 15 is 0 Å². The largest absolute Gasteiger partial charge is 0.355 e. The molecule has 2 aliphatic rings. The summed E-state index contributed by atoms with van der Waals surface area (Å²) in [6.45, 7) is 6.05. The van der Waals surface area contributed by atoms with Crippen molar-refractivity contribution in [2.45, 2.75) is 25.8 Å². The number of guanidine groups is 1. The van der Waals surface area contributed by atoms with Crippen LogP contribution in [-0.4, -0.2) is 73.4 Å². The fourth-order valence-electron chi connectivity index (χ4n) is 3.71. The monoisotopic (exact) mass is 357 g/mol. The molecule has 1 fully saturated rings. The zero-order valence-corrected chi connectivity index (χ0v) is 15.5. The maximum atomic E-state index is 12.3. The minimum absolute atomic E-state index is 0.222. The molecule has 26 heavy (non-hydrogen) atoms. The molecule has 0 radical (unpaired) electrons. The number of amides is 2. The molecule has 0 saturated carbocycles. The third-order valence-electron chi connectivity index (χ3n) is 5.14. The molecule has 0 bridgehead atoms. The van der Waals surface area contributed by atoms with Crippen molar-refractivity contribution >= 4 is 17.8 Å². The number of hydrogen-bond donors (Lipinski definition) is 2. The van der Waals surface area contributed by atoms with Crippen LogP contribution >= 0.6 is 0 Å². The zero-order chi connectivity index (χ0) is 18.5. The molecule has 0 spiro atoms. The molecule has 1 unspecified atom stereocenters. The molecule has 1 aromatic carbocycles. The standard InChI is InChI=1S/C19H27N5O2/c1-3-23-11-6-7-14(23)13-22-19(20-2)21-10-12-24-17(25)15-8-4-5-9-16(15)18(24)26/h4-5,8-9,14H,3,6-7,10-13H2,1-2H3,(H2,20,21,22). The summed E-state index contributed by atoms with van der Waals surface area (Å²) in [5, 5.41) is 6.54. The fourth-order valence-corrected chi connectivity index (χ4v) is 3.71. The van der Waals surface area contributed by atoms with Gasteiger partial charge in [0, 0.05) is 32.7 Å². The van der Waals surface area contributed by atoms with Crippen LogP contribution in [0.15, 0.2) is 29.3 Å². The summed E-state index contributed by atoms with van der Waals surface area (Å²) in [6.07, 6.45) is 2.44. The first kappa shape index (κ1) is 18.4. The van der Waals surface area contributed by atoms with Gasteiger partial charge in [0.25, 0.3) is 11.8 Å². The molecule has 1 atom stereocenters. The number of hydrogen-bond acceptors (Lipinski definition) is 4. The van der Waals surface area contributed by atoms with Gasteiger partial charge in [-0.25, -0.2) is 0 Å². The summed E-state index contributed by atoms with van der Waals surface area (Å²) in [5.41, 5.74) is 0.974. The summed E-state index contributed by atoms with van der Waals surface area (Å²) in [5.74, 6) is 0.254. The Balaban J connectivity index is 1.47. The lowest BCUT2D eigenvalue weighted by Gasteiger charge is -2.24. The van der Waals surface area contributed by atoms with Crippen LogP contribution in [0.4, 0.5) is 0 Å². The molecule has 2 amide bonds. The van der Waals surface area contributed by atoms with Crippen LogP contribution < -0.4 is 10.6 Å². The Hall–Kier alpha value is -2.41. The van der Waals surface area contributed by atoms with Crippen LogP contribution in [0.25, 0.3) is 0 Å². The third kappa shape index (κ3) is 3.72. The van der Waals surface area contributed by atoms with Crippen LogP contribution in [0, 0.1) is 0 Å². The SMILES string of the molecule is CCN1CCCC1CNC(=NC)NCCN1C(=O)c2ccccc2C1=O. The highest BCUT2D eigenvalue weighted by atomic mass is 16.2. The van der Waals surface area contributed by atoms with Crippen molar-refractivity contribution in [3.63, 3.8) is 0 Å². The quantitative estimate of drug-likeness (QED) is 0.450. The van der Waals surface area contributed by atoms with Gasteiger partial charge in [-0.1, -0.05) is 19.1 Å². The van der Waals surface area contributed by atoms with Crippen molar-refractivity contribution in [2.24, 2.45) is 4.99 Å². The lowest BCUT2D eigenvalue weighted by atomic mass is 10.1. The Kier molecular flexibility index (Phi) is 5.88. The number of rotatable bonds is 6. The lowest BCUT2D eigenvalue weighted by Crippen LogP contribution is -2.47. The molecule has 0 aliphatic carbocycles. The summed E-state index contributed by atoms with van der Waals surface area (Å²) < 4.78 is 0.